The van der Waals surface area contributed by atoms with Gasteiger partial charge in [-0.2, -0.15) is 0 Å². The van der Waals surface area contributed by atoms with E-state index in [0.29, 0.717) is 12.2 Å². The molecule has 8 heteroatoms. The molecule has 1 aliphatic heterocycles. The van der Waals surface area contributed by atoms with Crippen LogP contribution in [0.2, 0.25) is 0 Å². The van der Waals surface area contributed by atoms with E-state index in [1.54, 1.807) is 5.38 Å². The van der Waals surface area contributed by atoms with Crippen LogP contribution in [-0.4, -0.2) is 40.0 Å². The minimum atomic E-state index is -1.12. The first kappa shape index (κ1) is 17.5. The van der Waals surface area contributed by atoms with E-state index in [9.17, 15) is 14.0 Å². The van der Waals surface area contributed by atoms with Crippen LogP contribution in [0, 0.1) is 5.82 Å². The number of hydrogen-bond donors (Lipinski definition) is 1. The van der Waals surface area contributed by atoms with Crippen LogP contribution in [0.25, 0.3) is 0 Å². The summed E-state index contributed by atoms with van der Waals surface area (Å²) in [5, 5.41) is 11.4. The highest BCUT2D eigenvalue weighted by molar-refractivity contribution is 7.09. The molecule has 1 unspecified atom stereocenters. The summed E-state index contributed by atoms with van der Waals surface area (Å²) in [6.07, 6.45) is 1.75. The molecule has 1 aromatic heterocycles. The summed E-state index contributed by atoms with van der Waals surface area (Å²) >= 11 is 1.34. The van der Waals surface area contributed by atoms with Crippen LogP contribution < -0.4 is 0 Å². The molecule has 3 rings (SSSR count). The van der Waals surface area contributed by atoms with Crippen LogP contribution >= 0.6 is 11.3 Å². The van der Waals surface area contributed by atoms with Crippen molar-refractivity contribution in [2.45, 2.75) is 25.5 Å². The molecule has 0 radical (unpaired) electrons. The van der Waals surface area contributed by atoms with Gasteiger partial charge in [-0.15, -0.1) is 11.3 Å². The van der Waals surface area contributed by atoms with E-state index >= 15 is 0 Å². The van der Waals surface area contributed by atoms with Gasteiger partial charge < -0.3 is 14.7 Å². The lowest BCUT2D eigenvalue weighted by Crippen LogP contribution is -2.35. The highest BCUT2D eigenvalue weighted by Gasteiger charge is 2.25. The lowest BCUT2D eigenvalue weighted by atomic mass is 10.2. The highest BCUT2D eigenvalue weighted by atomic mass is 32.1. The van der Waals surface area contributed by atoms with Gasteiger partial charge in [0.05, 0.1) is 0 Å². The molecule has 1 saturated heterocycles. The minimum Gasteiger partial charge on any atom is -0.480 e. The Bertz CT molecular complexity index is 756. The number of benzene rings is 1. The molecule has 0 bridgehead atoms. The number of hydrogen-bond acceptors (Lipinski definition) is 5. The van der Waals surface area contributed by atoms with Crippen molar-refractivity contribution in [3.8, 4) is 0 Å². The van der Waals surface area contributed by atoms with Gasteiger partial charge in [0.15, 0.2) is 0 Å². The molecule has 25 heavy (non-hydrogen) atoms. The topological polar surface area (TPSA) is 79.7 Å². The Morgan fingerprint density at radius 3 is 2.76 bits per heavy atom. The van der Waals surface area contributed by atoms with Crippen LogP contribution in [0.5, 0.6) is 0 Å². The number of carbonyl (C=O) groups is 2. The number of aromatic nitrogens is 1. The first-order valence-electron chi connectivity index (χ1n) is 7.85. The van der Waals surface area contributed by atoms with E-state index in [4.69, 9.17) is 9.84 Å². The molecule has 1 atom stereocenters. The molecule has 0 saturated carbocycles. The fourth-order valence-corrected chi connectivity index (χ4v) is 3.52. The van der Waals surface area contributed by atoms with E-state index in [-0.39, 0.29) is 24.2 Å². The third-order valence-corrected chi connectivity index (χ3v) is 4.78. The van der Waals surface area contributed by atoms with E-state index in [2.05, 4.69) is 4.98 Å². The number of thiazole rings is 1. The summed E-state index contributed by atoms with van der Waals surface area (Å²) in [6, 6.07) is 5.60. The number of aliphatic carboxylic acids is 1. The molecular formula is C17H17FN2O4S. The van der Waals surface area contributed by atoms with Gasteiger partial charge in [0.25, 0.3) is 5.91 Å². The second kappa shape index (κ2) is 7.71. The zero-order valence-corrected chi connectivity index (χ0v) is 14.2. The summed E-state index contributed by atoms with van der Waals surface area (Å²) in [4.78, 5) is 29.3. The van der Waals surface area contributed by atoms with Gasteiger partial charge in [0.2, 0.25) is 0 Å². The maximum Gasteiger partial charge on any atom is 0.323 e. The molecule has 1 amide bonds. The lowest BCUT2D eigenvalue weighted by molar-refractivity contribution is -0.137. The van der Waals surface area contributed by atoms with Crippen LogP contribution in [0.1, 0.15) is 40.0 Å². The van der Waals surface area contributed by atoms with Crippen molar-refractivity contribution in [1.82, 2.24) is 9.88 Å². The molecule has 1 fully saturated rings. The SMILES string of the molecule is O=C(O)CN(Cc1ccc(F)cc1)C(=O)c1csc(C2CCCO2)n1. The molecule has 0 aliphatic carbocycles. The maximum atomic E-state index is 13.0. The number of halogens is 1. The van der Waals surface area contributed by atoms with Gasteiger partial charge in [-0.3, -0.25) is 9.59 Å². The van der Waals surface area contributed by atoms with Gasteiger partial charge in [-0.25, -0.2) is 9.37 Å². The molecule has 0 spiro atoms. The van der Waals surface area contributed by atoms with Crippen LogP contribution in [0.4, 0.5) is 4.39 Å². The van der Waals surface area contributed by atoms with E-state index in [0.717, 1.165) is 17.8 Å². The largest absolute Gasteiger partial charge is 0.480 e. The highest BCUT2D eigenvalue weighted by Crippen LogP contribution is 2.30. The number of carboxylic acid groups (broad SMARTS) is 1. The lowest BCUT2D eigenvalue weighted by Gasteiger charge is -2.19. The van der Waals surface area contributed by atoms with Crippen LogP contribution in [0.15, 0.2) is 29.6 Å². The Balaban J connectivity index is 1.76. The zero-order chi connectivity index (χ0) is 17.8. The number of carboxylic acids is 1. The average molecular weight is 364 g/mol. The average Bonchev–Trinajstić information content (AvgIpc) is 3.26. The predicted octanol–water partition coefficient (Wildman–Crippen LogP) is 2.86. The fraction of sp³-hybridized carbons (Fsp3) is 0.353. The first-order valence-corrected chi connectivity index (χ1v) is 8.73. The molecule has 1 N–H and O–H groups in total. The Labute approximate surface area is 147 Å². The summed E-state index contributed by atoms with van der Waals surface area (Å²) < 4.78 is 18.6. The number of ether oxygens (including phenoxy) is 1. The monoisotopic (exact) mass is 364 g/mol. The van der Waals surface area contributed by atoms with Gasteiger partial charge in [-0.1, -0.05) is 12.1 Å². The van der Waals surface area contributed by atoms with E-state index in [1.807, 2.05) is 0 Å². The van der Waals surface area contributed by atoms with Crippen molar-refractivity contribution in [1.29, 1.82) is 0 Å². The molecular weight excluding hydrogens is 347 g/mol. The number of amides is 1. The van der Waals surface area contributed by atoms with Crippen molar-refractivity contribution in [3.05, 3.63) is 51.7 Å². The zero-order valence-electron chi connectivity index (χ0n) is 13.4. The number of carbonyl (C=O) groups excluding carboxylic acids is 1. The van der Waals surface area contributed by atoms with Gasteiger partial charge >= 0.3 is 5.97 Å². The summed E-state index contributed by atoms with van der Waals surface area (Å²) in [5.41, 5.74) is 0.851. The Kier molecular flexibility index (Phi) is 5.40. The summed E-state index contributed by atoms with van der Waals surface area (Å²) in [7, 11) is 0. The molecule has 2 heterocycles. The Morgan fingerprint density at radius 1 is 1.36 bits per heavy atom. The number of nitrogens with zero attached hydrogens (tertiary/aromatic N) is 2. The Hall–Kier alpha value is -2.32. The van der Waals surface area contributed by atoms with Crippen molar-refractivity contribution in [3.63, 3.8) is 0 Å². The molecule has 6 nitrogen and oxygen atoms in total. The Morgan fingerprint density at radius 2 is 2.12 bits per heavy atom. The standard InChI is InChI=1S/C17H17FN2O4S/c18-12-5-3-11(4-6-12)8-20(9-15(21)22)17(23)13-10-25-16(19-13)14-2-1-7-24-14/h3-6,10,14H,1-2,7-9H2,(H,21,22). The quantitative estimate of drug-likeness (QED) is 0.853. The smallest absolute Gasteiger partial charge is 0.323 e. The summed E-state index contributed by atoms with van der Waals surface area (Å²) in [6.45, 7) is 0.296. The number of rotatable bonds is 6. The minimum absolute atomic E-state index is 0.0677. The second-order valence-electron chi connectivity index (χ2n) is 5.75. The molecule has 1 aliphatic rings. The van der Waals surface area contributed by atoms with Gasteiger partial charge in [0, 0.05) is 18.5 Å². The maximum absolute atomic E-state index is 13.0. The predicted molar refractivity (Wildman–Crippen MR) is 88.8 cm³/mol. The van der Waals surface area contributed by atoms with Gasteiger partial charge in [-0.05, 0) is 30.5 Å². The molecule has 132 valence electrons. The van der Waals surface area contributed by atoms with E-state index in [1.165, 1.54) is 40.5 Å². The van der Waals surface area contributed by atoms with Crippen molar-refractivity contribution >= 4 is 23.2 Å². The molecule has 2 aromatic rings. The molecule has 1 aromatic carbocycles. The summed E-state index contributed by atoms with van der Waals surface area (Å²) in [5.74, 6) is -1.97. The van der Waals surface area contributed by atoms with Crippen molar-refractivity contribution in [2.24, 2.45) is 0 Å². The van der Waals surface area contributed by atoms with Crippen LogP contribution in [0.3, 0.4) is 0 Å². The first-order chi connectivity index (χ1) is 12.0. The normalized spacial score (nSPS) is 16.8. The van der Waals surface area contributed by atoms with Crippen molar-refractivity contribution < 1.29 is 23.8 Å². The fourth-order valence-electron chi connectivity index (χ4n) is 2.64. The second-order valence-corrected chi connectivity index (χ2v) is 6.64. The third kappa shape index (κ3) is 4.40. The van der Waals surface area contributed by atoms with Gasteiger partial charge in [0.1, 0.15) is 29.2 Å². The van der Waals surface area contributed by atoms with Crippen molar-refractivity contribution in [2.75, 3.05) is 13.2 Å². The third-order valence-electron chi connectivity index (χ3n) is 3.85. The van der Waals surface area contributed by atoms with E-state index < -0.39 is 18.4 Å². The van der Waals surface area contributed by atoms with Crippen LogP contribution in [-0.2, 0) is 16.1 Å².